The van der Waals surface area contributed by atoms with Crippen LogP contribution in [0.2, 0.25) is 0 Å². The second-order valence-electron chi connectivity index (χ2n) is 3.66. The second-order valence-corrected chi connectivity index (χ2v) is 5.31. The van der Waals surface area contributed by atoms with Gasteiger partial charge in [0.2, 0.25) is 10.0 Å². The number of aromatic nitrogens is 2. The van der Waals surface area contributed by atoms with Crippen molar-refractivity contribution in [1.29, 1.82) is 0 Å². The monoisotopic (exact) mass is 263 g/mol. The summed E-state index contributed by atoms with van der Waals surface area (Å²) < 4.78 is 25.8. The van der Waals surface area contributed by atoms with Crippen molar-refractivity contribution in [2.24, 2.45) is 0 Å². The van der Waals surface area contributed by atoms with Gasteiger partial charge in [0.05, 0.1) is 12.9 Å². The number of hydrogen-bond acceptors (Lipinski definition) is 3. The van der Waals surface area contributed by atoms with E-state index < -0.39 is 10.0 Å². The van der Waals surface area contributed by atoms with E-state index in [2.05, 4.69) is 14.7 Å². The van der Waals surface area contributed by atoms with E-state index in [1.54, 1.807) is 12.3 Å². The molecule has 2 rings (SSSR count). The number of imidazole rings is 1. The highest BCUT2D eigenvalue weighted by Crippen LogP contribution is 2.03. The van der Waals surface area contributed by atoms with Crippen molar-refractivity contribution in [1.82, 2.24) is 14.7 Å². The van der Waals surface area contributed by atoms with Crippen LogP contribution in [0.15, 0.2) is 48.3 Å². The summed E-state index contributed by atoms with van der Waals surface area (Å²) in [5.74, 6) is 0. The van der Waals surface area contributed by atoms with Gasteiger partial charge in [-0.05, 0) is 11.6 Å². The molecule has 0 aliphatic rings. The van der Waals surface area contributed by atoms with E-state index in [1.807, 2.05) is 30.3 Å². The van der Waals surface area contributed by atoms with E-state index in [4.69, 9.17) is 0 Å². The number of H-pyrrole nitrogens is 1. The molecule has 0 aliphatic carbocycles. The Bertz CT molecular complexity index is 604. The fraction of sp³-hybridized carbons (Fsp3) is 0.0833. The van der Waals surface area contributed by atoms with Crippen LogP contribution in [0.5, 0.6) is 0 Å². The molecule has 94 valence electrons. The van der Waals surface area contributed by atoms with Gasteiger partial charge < -0.3 is 4.98 Å². The molecule has 1 heterocycles. The molecule has 1 aromatic heterocycles. The van der Waals surface area contributed by atoms with Crippen LogP contribution in [-0.4, -0.2) is 18.4 Å². The highest BCUT2D eigenvalue weighted by molar-refractivity contribution is 7.92. The lowest BCUT2D eigenvalue weighted by atomic mass is 10.2. The lowest BCUT2D eigenvalue weighted by molar-refractivity contribution is 0.590. The largest absolute Gasteiger partial charge is 0.347 e. The number of benzene rings is 1. The Labute approximate surface area is 106 Å². The molecule has 1 aromatic carbocycles. The molecule has 0 spiro atoms. The first-order valence-corrected chi connectivity index (χ1v) is 6.90. The van der Waals surface area contributed by atoms with E-state index in [-0.39, 0.29) is 6.54 Å². The first-order chi connectivity index (χ1) is 8.66. The average molecular weight is 263 g/mol. The molecule has 6 heteroatoms. The molecule has 0 aliphatic heterocycles. The third kappa shape index (κ3) is 3.83. The van der Waals surface area contributed by atoms with Crippen molar-refractivity contribution in [3.8, 4) is 0 Å². The van der Waals surface area contributed by atoms with Crippen LogP contribution in [0.4, 0.5) is 0 Å². The van der Waals surface area contributed by atoms with Crippen molar-refractivity contribution in [3.63, 3.8) is 0 Å². The molecule has 0 unspecified atom stereocenters. The lowest BCUT2D eigenvalue weighted by Crippen LogP contribution is -2.20. The van der Waals surface area contributed by atoms with E-state index in [0.29, 0.717) is 5.69 Å². The minimum atomic E-state index is -3.43. The maximum Gasteiger partial charge on any atom is 0.234 e. The quantitative estimate of drug-likeness (QED) is 0.858. The first kappa shape index (κ1) is 12.5. The highest BCUT2D eigenvalue weighted by Gasteiger charge is 2.05. The number of aromatic amines is 1. The summed E-state index contributed by atoms with van der Waals surface area (Å²) >= 11 is 0. The topological polar surface area (TPSA) is 74.8 Å². The zero-order valence-corrected chi connectivity index (χ0v) is 10.4. The van der Waals surface area contributed by atoms with Gasteiger partial charge in [-0.3, -0.25) is 0 Å². The van der Waals surface area contributed by atoms with Gasteiger partial charge in [0, 0.05) is 17.3 Å². The van der Waals surface area contributed by atoms with Gasteiger partial charge in [0.1, 0.15) is 0 Å². The van der Waals surface area contributed by atoms with Crippen LogP contribution in [0.25, 0.3) is 6.08 Å². The average Bonchev–Trinajstić information content (AvgIpc) is 2.89. The number of nitrogens with one attached hydrogen (secondary N) is 2. The molecular formula is C12H13N3O2S. The van der Waals surface area contributed by atoms with Crippen LogP contribution < -0.4 is 4.72 Å². The van der Waals surface area contributed by atoms with Gasteiger partial charge in [-0.2, -0.15) is 0 Å². The van der Waals surface area contributed by atoms with Crippen LogP contribution in [-0.2, 0) is 16.6 Å². The molecule has 5 nitrogen and oxygen atoms in total. The Morgan fingerprint density at radius 1 is 1.28 bits per heavy atom. The third-order valence-corrected chi connectivity index (χ3v) is 3.30. The van der Waals surface area contributed by atoms with Gasteiger partial charge in [-0.25, -0.2) is 18.1 Å². The first-order valence-electron chi connectivity index (χ1n) is 5.36. The third-order valence-electron chi connectivity index (χ3n) is 2.26. The molecule has 0 amide bonds. The number of nitrogens with zero attached hydrogens (tertiary/aromatic N) is 1. The molecule has 0 saturated heterocycles. The molecule has 0 bridgehead atoms. The Hall–Kier alpha value is -1.92. The fourth-order valence-corrected chi connectivity index (χ4v) is 2.13. The van der Waals surface area contributed by atoms with Crippen LogP contribution in [0.1, 0.15) is 11.3 Å². The number of hydrogen-bond donors (Lipinski definition) is 2. The van der Waals surface area contributed by atoms with E-state index in [9.17, 15) is 8.42 Å². The molecule has 0 fully saturated rings. The van der Waals surface area contributed by atoms with Gasteiger partial charge >= 0.3 is 0 Å². The minimum Gasteiger partial charge on any atom is -0.347 e. The zero-order valence-electron chi connectivity index (χ0n) is 9.58. The predicted octanol–water partition coefficient (Wildman–Crippen LogP) is 1.50. The molecule has 2 aromatic rings. The SMILES string of the molecule is O=S(=O)(C=Cc1ccccc1)NCc1cnc[nH]1. The minimum absolute atomic E-state index is 0.196. The standard InChI is InChI=1S/C12H13N3O2S/c16-18(17,15-9-12-8-13-10-14-12)7-6-11-4-2-1-3-5-11/h1-8,10,15H,9H2,(H,13,14). The van der Waals surface area contributed by atoms with Crippen molar-refractivity contribution in [2.45, 2.75) is 6.54 Å². The predicted molar refractivity (Wildman–Crippen MR) is 69.8 cm³/mol. The fourth-order valence-electron chi connectivity index (χ4n) is 1.34. The Kier molecular flexibility index (Phi) is 3.91. The van der Waals surface area contributed by atoms with Crippen molar-refractivity contribution in [2.75, 3.05) is 0 Å². The summed E-state index contributed by atoms with van der Waals surface area (Å²) in [6.07, 6.45) is 4.63. The maximum absolute atomic E-state index is 11.7. The molecule has 0 saturated carbocycles. The smallest absolute Gasteiger partial charge is 0.234 e. The maximum atomic E-state index is 11.7. The van der Waals surface area contributed by atoms with Crippen LogP contribution in [0.3, 0.4) is 0 Å². The molecule has 2 N–H and O–H groups in total. The van der Waals surface area contributed by atoms with Gasteiger partial charge in [-0.15, -0.1) is 0 Å². The van der Waals surface area contributed by atoms with Crippen molar-refractivity contribution in [3.05, 3.63) is 59.5 Å². The summed E-state index contributed by atoms with van der Waals surface area (Å²) in [6.45, 7) is 0.196. The normalized spacial score (nSPS) is 12.0. The van der Waals surface area contributed by atoms with E-state index in [1.165, 1.54) is 6.33 Å². The summed E-state index contributed by atoms with van der Waals surface area (Å²) in [6, 6.07) is 9.25. The van der Waals surface area contributed by atoms with Crippen molar-refractivity contribution >= 4 is 16.1 Å². The van der Waals surface area contributed by atoms with Crippen LogP contribution >= 0.6 is 0 Å². The Morgan fingerprint density at radius 3 is 2.72 bits per heavy atom. The summed E-state index contributed by atoms with van der Waals surface area (Å²) in [4.78, 5) is 6.63. The second kappa shape index (κ2) is 5.61. The summed E-state index contributed by atoms with van der Waals surface area (Å²) in [7, 11) is -3.43. The van der Waals surface area contributed by atoms with Crippen molar-refractivity contribution < 1.29 is 8.42 Å². The van der Waals surface area contributed by atoms with Gasteiger partial charge in [0.15, 0.2) is 0 Å². The van der Waals surface area contributed by atoms with E-state index >= 15 is 0 Å². The Morgan fingerprint density at radius 2 is 2.06 bits per heavy atom. The summed E-state index contributed by atoms with van der Waals surface area (Å²) in [5, 5.41) is 1.15. The molecular weight excluding hydrogens is 250 g/mol. The van der Waals surface area contributed by atoms with E-state index in [0.717, 1.165) is 11.0 Å². The van der Waals surface area contributed by atoms with Gasteiger partial charge in [0.25, 0.3) is 0 Å². The molecule has 0 atom stereocenters. The molecule has 18 heavy (non-hydrogen) atoms. The lowest BCUT2D eigenvalue weighted by Gasteiger charge is -2.00. The Balaban J connectivity index is 1.97. The number of sulfonamides is 1. The molecule has 0 radical (unpaired) electrons. The number of rotatable bonds is 5. The van der Waals surface area contributed by atoms with Gasteiger partial charge in [-0.1, -0.05) is 30.3 Å². The zero-order chi connectivity index (χ0) is 12.8. The summed E-state index contributed by atoms with van der Waals surface area (Å²) in [5.41, 5.74) is 1.55. The van der Waals surface area contributed by atoms with Crippen LogP contribution in [0, 0.1) is 0 Å². The highest BCUT2D eigenvalue weighted by atomic mass is 32.2.